The predicted octanol–water partition coefficient (Wildman–Crippen LogP) is 1.02. The minimum atomic E-state index is -0.571. The second-order valence-corrected chi connectivity index (χ2v) is 7.84. The molecule has 0 spiro atoms. The van der Waals surface area contributed by atoms with Crippen molar-refractivity contribution in [2.24, 2.45) is 4.99 Å². The Morgan fingerprint density at radius 3 is 2.85 bits per heavy atom. The van der Waals surface area contributed by atoms with Gasteiger partial charge in [0.25, 0.3) is 5.91 Å². The van der Waals surface area contributed by atoms with Crippen molar-refractivity contribution in [3.05, 3.63) is 47.3 Å². The van der Waals surface area contributed by atoms with Gasteiger partial charge in [0.1, 0.15) is 17.3 Å². The Bertz CT molecular complexity index is 1360. The molecule has 2 aromatic heterocycles. The van der Waals surface area contributed by atoms with Crippen LogP contribution in [0.15, 0.2) is 41.2 Å². The van der Waals surface area contributed by atoms with Crippen molar-refractivity contribution in [1.29, 1.82) is 0 Å². The number of amidine groups is 1. The van der Waals surface area contributed by atoms with E-state index in [1.165, 1.54) is 6.08 Å². The van der Waals surface area contributed by atoms with Crippen LogP contribution in [0.3, 0.4) is 0 Å². The number of aliphatic imine (C=N–C) groups is 1. The van der Waals surface area contributed by atoms with Crippen LogP contribution < -0.4 is 26.0 Å². The first kappa shape index (κ1) is 19.2. The molecule has 1 aliphatic carbocycles. The summed E-state index contributed by atoms with van der Waals surface area (Å²) in [5, 5.41) is 15.6. The van der Waals surface area contributed by atoms with E-state index < -0.39 is 11.9 Å². The molecule has 1 saturated heterocycles. The summed E-state index contributed by atoms with van der Waals surface area (Å²) in [5.41, 5.74) is 2.00. The van der Waals surface area contributed by atoms with E-state index in [0.717, 1.165) is 37.3 Å². The smallest absolute Gasteiger partial charge is 0.327 e. The summed E-state index contributed by atoms with van der Waals surface area (Å²) < 4.78 is 7.56. The number of hydrogen-bond donors (Lipinski definition) is 4. The summed E-state index contributed by atoms with van der Waals surface area (Å²) in [6, 6.07) is 7.40. The third kappa shape index (κ3) is 3.82. The molecule has 1 saturated carbocycles. The van der Waals surface area contributed by atoms with Gasteiger partial charge in [0.05, 0.1) is 12.7 Å². The number of imide groups is 1. The highest BCUT2D eigenvalue weighted by Gasteiger charge is 2.26. The molecule has 12 heteroatoms. The average Bonchev–Trinajstić information content (AvgIpc) is 3.17. The predicted molar refractivity (Wildman–Crippen MR) is 118 cm³/mol. The van der Waals surface area contributed by atoms with E-state index >= 15 is 0 Å². The fourth-order valence-corrected chi connectivity index (χ4v) is 3.57. The summed E-state index contributed by atoms with van der Waals surface area (Å²) in [6.45, 7) is 1.56. The van der Waals surface area contributed by atoms with E-state index in [1.54, 1.807) is 10.7 Å². The van der Waals surface area contributed by atoms with Gasteiger partial charge in [0, 0.05) is 23.7 Å². The molecule has 4 N–H and O–H groups in total. The number of anilines is 1. The first-order chi connectivity index (χ1) is 16.1. The Balaban J connectivity index is 1.38. The number of ether oxygens (including phenoxy) is 1. The lowest BCUT2D eigenvalue weighted by atomic mass is 10.2. The highest BCUT2D eigenvalue weighted by Crippen LogP contribution is 2.28. The molecule has 3 aromatic rings. The molecule has 3 amide bonds. The summed E-state index contributed by atoms with van der Waals surface area (Å²) in [6.07, 6.45) is 5.17. The molecule has 1 aromatic carbocycles. The van der Waals surface area contributed by atoms with Crippen LogP contribution >= 0.6 is 0 Å². The molecule has 0 radical (unpaired) electrons. The van der Waals surface area contributed by atoms with Crippen molar-refractivity contribution in [2.45, 2.75) is 18.9 Å². The molecule has 3 aliphatic rings. The van der Waals surface area contributed by atoms with Crippen LogP contribution in [0.5, 0.6) is 11.8 Å². The van der Waals surface area contributed by atoms with Crippen LogP contribution in [0.1, 0.15) is 24.0 Å². The molecular formula is C21H19N9O3. The zero-order valence-corrected chi connectivity index (χ0v) is 17.3. The number of carbonyl (C=O) groups is 2. The normalized spacial score (nSPS) is 18.8. The summed E-state index contributed by atoms with van der Waals surface area (Å²) in [5.74, 6) is 1.36. The second kappa shape index (κ2) is 7.58. The molecule has 0 atom stereocenters. The van der Waals surface area contributed by atoms with E-state index in [2.05, 4.69) is 41.3 Å². The van der Waals surface area contributed by atoms with Crippen LogP contribution in [-0.2, 0) is 4.79 Å². The van der Waals surface area contributed by atoms with Gasteiger partial charge in [-0.25, -0.2) is 4.79 Å². The fraction of sp³-hybridized carbons (Fsp3) is 0.238. The van der Waals surface area contributed by atoms with Crippen LogP contribution in [0.4, 0.5) is 10.7 Å². The van der Waals surface area contributed by atoms with E-state index in [9.17, 15) is 9.59 Å². The Labute approximate surface area is 187 Å². The van der Waals surface area contributed by atoms with Crippen LogP contribution in [0.2, 0.25) is 0 Å². The van der Waals surface area contributed by atoms with Crippen LogP contribution in [0, 0.1) is 0 Å². The van der Waals surface area contributed by atoms with Crippen LogP contribution in [-0.4, -0.2) is 56.5 Å². The third-order valence-corrected chi connectivity index (χ3v) is 5.30. The van der Waals surface area contributed by atoms with Gasteiger partial charge in [0.2, 0.25) is 5.95 Å². The Hall–Kier alpha value is -4.48. The minimum absolute atomic E-state index is 0.116. The monoisotopic (exact) mass is 445 g/mol. The standard InChI is InChI=1S/C21H19N9O3/c31-18-15(26-20(32)28-18)9-12-10-24-30-17(12)27-21(29-19(30)25-13-4-5-13)33-14-3-1-2-11(8-14)16-22-6-7-23-16/h1-3,8-10,13H,4-7H2,(H,22,23)(H,25,27,29)(H2,26,28,31,32)/b15-9-. The van der Waals surface area contributed by atoms with Crippen molar-refractivity contribution in [1.82, 2.24) is 35.5 Å². The van der Waals surface area contributed by atoms with E-state index in [0.29, 0.717) is 29.0 Å². The third-order valence-electron chi connectivity index (χ3n) is 5.30. The number of fused-ring (bicyclic) bond motifs is 1. The number of rotatable bonds is 6. The lowest BCUT2D eigenvalue weighted by Crippen LogP contribution is -2.22. The first-order valence-electron chi connectivity index (χ1n) is 10.6. The topological polar surface area (TPSA) is 147 Å². The number of carbonyl (C=O) groups excluding carboxylic acids is 2. The highest BCUT2D eigenvalue weighted by molar-refractivity contribution is 6.14. The molecule has 12 nitrogen and oxygen atoms in total. The summed E-state index contributed by atoms with van der Waals surface area (Å²) in [7, 11) is 0. The molecule has 33 heavy (non-hydrogen) atoms. The van der Waals surface area contributed by atoms with Crippen molar-refractivity contribution >= 4 is 35.4 Å². The molecule has 0 bridgehead atoms. The highest BCUT2D eigenvalue weighted by atomic mass is 16.5. The average molecular weight is 445 g/mol. The molecule has 166 valence electrons. The first-order valence-corrected chi connectivity index (χ1v) is 10.6. The number of amides is 3. The van der Waals surface area contributed by atoms with E-state index in [1.807, 2.05) is 24.3 Å². The number of benzene rings is 1. The lowest BCUT2D eigenvalue weighted by Gasteiger charge is -2.10. The number of nitrogens with one attached hydrogen (secondary N) is 4. The van der Waals surface area contributed by atoms with Gasteiger partial charge in [-0.15, -0.1) is 0 Å². The Kier molecular flexibility index (Phi) is 4.42. The molecule has 2 aliphatic heterocycles. The van der Waals surface area contributed by atoms with Gasteiger partial charge in [-0.05, 0) is 31.1 Å². The van der Waals surface area contributed by atoms with Crippen molar-refractivity contribution in [3.63, 3.8) is 0 Å². The van der Waals surface area contributed by atoms with Gasteiger partial charge in [-0.1, -0.05) is 12.1 Å². The maximum absolute atomic E-state index is 11.9. The summed E-state index contributed by atoms with van der Waals surface area (Å²) in [4.78, 5) is 36.9. The Morgan fingerprint density at radius 1 is 1.18 bits per heavy atom. The number of aromatic nitrogens is 4. The maximum atomic E-state index is 11.9. The second-order valence-electron chi connectivity index (χ2n) is 7.84. The summed E-state index contributed by atoms with van der Waals surface area (Å²) >= 11 is 0. The van der Waals surface area contributed by atoms with Gasteiger partial charge in [0.15, 0.2) is 5.65 Å². The van der Waals surface area contributed by atoms with E-state index in [-0.39, 0.29) is 11.7 Å². The fourth-order valence-electron chi connectivity index (χ4n) is 3.57. The quantitative estimate of drug-likeness (QED) is 0.325. The Morgan fingerprint density at radius 2 is 2.09 bits per heavy atom. The molecule has 2 fully saturated rings. The van der Waals surface area contributed by atoms with Gasteiger partial charge in [-0.2, -0.15) is 19.6 Å². The zero-order valence-electron chi connectivity index (χ0n) is 17.3. The number of urea groups is 1. The number of hydrogen-bond acceptors (Lipinski definition) is 9. The minimum Gasteiger partial charge on any atom is -0.424 e. The largest absolute Gasteiger partial charge is 0.424 e. The SMILES string of the molecule is O=C1NC(=O)/C(=C/c2cnn3c(NC4CC4)nc(Oc4cccc(C5=NCCN5)c4)nc23)N1. The molecule has 6 rings (SSSR count). The maximum Gasteiger partial charge on any atom is 0.327 e. The zero-order chi connectivity index (χ0) is 22.4. The molecule has 4 heterocycles. The number of nitrogens with zero attached hydrogens (tertiary/aromatic N) is 5. The van der Waals surface area contributed by atoms with Crippen molar-refractivity contribution < 1.29 is 14.3 Å². The van der Waals surface area contributed by atoms with Crippen molar-refractivity contribution in [2.75, 3.05) is 18.4 Å². The molecular weight excluding hydrogens is 426 g/mol. The van der Waals surface area contributed by atoms with Crippen LogP contribution in [0.25, 0.3) is 11.7 Å². The van der Waals surface area contributed by atoms with Crippen molar-refractivity contribution in [3.8, 4) is 11.8 Å². The van der Waals surface area contributed by atoms with E-state index in [4.69, 9.17) is 4.74 Å². The molecule has 0 unspecified atom stereocenters. The van der Waals surface area contributed by atoms with Gasteiger partial charge in [-0.3, -0.25) is 15.1 Å². The lowest BCUT2D eigenvalue weighted by molar-refractivity contribution is -0.115. The van der Waals surface area contributed by atoms with Gasteiger partial charge < -0.3 is 20.7 Å². The van der Waals surface area contributed by atoms with Gasteiger partial charge >= 0.3 is 12.0 Å².